The van der Waals surface area contributed by atoms with Crippen molar-refractivity contribution in [3.63, 3.8) is 0 Å². The molecule has 0 aromatic carbocycles. The van der Waals surface area contributed by atoms with Crippen molar-refractivity contribution in [2.24, 2.45) is 11.8 Å². The van der Waals surface area contributed by atoms with Crippen LogP contribution in [0, 0.1) is 5.92 Å². The molecule has 1 aliphatic carbocycles. The predicted octanol–water partition coefficient (Wildman–Crippen LogP) is 1.46. The summed E-state index contributed by atoms with van der Waals surface area (Å²) in [5.41, 5.74) is 3.97. The van der Waals surface area contributed by atoms with Gasteiger partial charge in [0.2, 0.25) is 0 Å². The van der Waals surface area contributed by atoms with Gasteiger partial charge in [0.15, 0.2) is 0 Å². The summed E-state index contributed by atoms with van der Waals surface area (Å²) in [4.78, 5) is 16.2. The van der Waals surface area contributed by atoms with E-state index in [0.717, 1.165) is 31.0 Å². The van der Waals surface area contributed by atoms with Crippen LogP contribution >= 0.6 is 0 Å². The van der Waals surface area contributed by atoms with Crippen LogP contribution in [0.4, 0.5) is 5.82 Å². The smallest absolute Gasteiger partial charge is 0.251 e. The van der Waals surface area contributed by atoms with Crippen molar-refractivity contribution in [3.05, 3.63) is 23.4 Å². The lowest BCUT2D eigenvalue weighted by atomic mass is 10.1. The van der Waals surface area contributed by atoms with E-state index in [4.69, 9.17) is 5.84 Å². The number of pyridine rings is 1. The SMILES string of the molecule is CCc1cc(C(=O)NCCC2CC2)cc(NN)n1. The van der Waals surface area contributed by atoms with E-state index in [2.05, 4.69) is 15.7 Å². The van der Waals surface area contributed by atoms with Crippen molar-refractivity contribution in [1.82, 2.24) is 10.3 Å². The van der Waals surface area contributed by atoms with Gasteiger partial charge in [0.25, 0.3) is 5.91 Å². The first-order valence-electron chi connectivity index (χ1n) is 6.48. The molecule has 1 heterocycles. The summed E-state index contributed by atoms with van der Waals surface area (Å²) >= 11 is 0. The average molecular weight is 248 g/mol. The molecule has 0 atom stereocenters. The molecule has 0 aliphatic heterocycles. The van der Waals surface area contributed by atoms with Gasteiger partial charge in [0.05, 0.1) is 0 Å². The molecule has 1 aliphatic rings. The summed E-state index contributed by atoms with van der Waals surface area (Å²) in [6.07, 6.45) is 4.48. The van der Waals surface area contributed by atoms with Crippen LogP contribution in [0.3, 0.4) is 0 Å². The Kier molecular flexibility index (Phi) is 4.15. The van der Waals surface area contributed by atoms with Crippen LogP contribution in [-0.2, 0) is 6.42 Å². The van der Waals surface area contributed by atoms with Gasteiger partial charge in [0.1, 0.15) is 5.82 Å². The maximum Gasteiger partial charge on any atom is 0.251 e. The molecular formula is C13H20N4O. The van der Waals surface area contributed by atoms with E-state index >= 15 is 0 Å². The van der Waals surface area contributed by atoms with Gasteiger partial charge in [-0.15, -0.1) is 0 Å². The van der Waals surface area contributed by atoms with Gasteiger partial charge >= 0.3 is 0 Å². The fourth-order valence-electron chi connectivity index (χ4n) is 1.87. The number of nitrogens with one attached hydrogen (secondary N) is 2. The first kappa shape index (κ1) is 12.8. The Morgan fingerprint density at radius 3 is 2.89 bits per heavy atom. The lowest BCUT2D eigenvalue weighted by Crippen LogP contribution is -2.25. The molecule has 0 unspecified atom stereocenters. The molecule has 0 saturated heterocycles. The maximum absolute atomic E-state index is 12.0. The summed E-state index contributed by atoms with van der Waals surface area (Å²) in [6.45, 7) is 2.75. The molecule has 1 aromatic heterocycles. The number of hydrogen-bond acceptors (Lipinski definition) is 4. The van der Waals surface area contributed by atoms with Crippen LogP contribution < -0.4 is 16.6 Å². The number of hydrazine groups is 1. The van der Waals surface area contributed by atoms with Gasteiger partial charge in [0, 0.05) is 17.8 Å². The summed E-state index contributed by atoms with van der Waals surface area (Å²) in [7, 11) is 0. The molecule has 1 saturated carbocycles. The largest absolute Gasteiger partial charge is 0.352 e. The molecule has 2 rings (SSSR count). The van der Waals surface area contributed by atoms with Crippen LogP contribution in [0.5, 0.6) is 0 Å². The second-order valence-electron chi connectivity index (χ2n) is 4.72. The van der Waals surface area contributed by atoms with Crippen LogP contribution in [0.15, 0.2) is 12.1 Å². The highest BCUT2D eigenvalue weighted by atomic mass is 16.1. The number of aryl methyl sites for hydroxylation is 1. The van der Waals surface area contributed by atoms with Crippen LogP contribution in [-0.4, -0.2) is 17.4 Å². The van der Waals surface area contributed by atoms with Crippen LogP contribution in [0.2, 0.25) is 0 Å². The average Bonchev–Trinajstić information content (AvgIpc) is 3.22. The number of amides is 1. The number of carbonyl (C=O) groups excluding carboxylic acids is 1. The second kappa shape index (κ2) is 5.82. The second-order valence-corrected chi connectivity index (χ2v) is 4.72. The highest BCUT2D eigenvalue weighted by molar-refractivity contribution is 5.94. The number of nitrogens with two attached hydrogens (primary N) is 1. The monoisotopic (exact) mass is 248 g/mol. The molecule has 98 valence electrons. The number of anilines is 1. The number of nitrogen functional groups attached to an aromatic ring is 1. The molecule has 0 radical (unpaired) electrons. The molecule has 1 amide bonds. The maximum atomic E-state index is 12.0. The fraction of sp³-hybridized carbons (Fsp3) is 0.538. The minimum Gasteiger partial charge on any atom is -0.352 e. The molecule has 1 aromatic rings. The summed E-state index contributed by atoms with van der Waals surface area (Å²) in [5, 5.41) is 2.94. The van der Waals surface area contributed by atoms with Crippen molar-refractivity contribution in [2.45, 2.75) is 32.6 Å². The zero-order chi connectivity index (χ0) is 13.0. The molecule has 0 bridgehead atoms. The molecule has 0 spiro atoms. The zero-order valence-electron chi connectivity index (χ0n) is 10.7. The third kappa shape index (κ3) is 3.43. The van der Waals surface area contributed by atoms with Crippen molar-refractivity contribution in [1.29, 1.82) is 0 Å². The molecule has 1 fully saturated rings. The van der Waals surface area contributed by atoms with Crippen molar-refractivity contribution in [3.8, 4) is 0 Å². The van der Waals surface area contributed by atoms with Gasteiger partial charge in [-0.25, -0.2) is 10.8 Å². The van der Waals surface area contributed by atoms with Crippen molar-refractivity contribution < 1.29 is 4.79 Å². The number of carbonyl (C=O) groups is 1. The predicted molar refractivity (Wildman–Crippen MR) is 71.1 cm³/mol. The summed E-state index contributed by atoms with van der Waals surface area (Å²) in [6, 6.07) is 3.49. The Morgan fingerprint density at radius 2 is 2.28 bits per heavy atom. The standard InChI is InChI=1S/C13H20N4O/c1-2-11-7-10(8-12(16-11)17-14)13(18)15-6-5-9-3-4-9/h7-9H,2-6,14H2,1H3,(H,15,18)(H,16,17). The van der Waals surface area contributed by atoms with Gasteiger partial charge in [-0.1, -0.05) is 19.8 Å². The van der Waals surface area contributed by atoms with Crippen molar-refractivity contribution >= 4 is 11.7 Å². The van der Waals surface area contributed by atoms with E-state index in [1.807, 2.05) is 13.0 Å². The molecular weight excluding hydrogens is 228 g/mol. The first-order chi connectivity index (χ1) is 8.72. The third-order valence-electron chi connectivity index (χ3n) is 3.19. The zero-order valence-corrected chi connectivity index (χ0v) is 10.7. The highest BCUT2D eigenvalue weighted by Crippen LogP contribution is 2.31. The Balaban J connectivity index is 1.98. The normalized spacial score (nSPS) is 14.3. The number of rotatable bonds is 6. The lowest BCUT2D eigenvalue weighted by Gasteiger charge is -2.08. The van der Waals surface area contributed by atoms with E-state index in [1.54, 1.807) is 6.07 Å². The van der Waals surface area contributed by atoms with E-state index in [-0.39, 0.29) is 5.91 Å². The Morgan fingerprint density at radius 1 is 1.50 bits per heavy atom. The van der Waals surface area contributed by atoms with Gasteiger partial charge in [-0.2, -0.15) is 0 Å². The topological polar surface area (TPSA) is 80.0 Å². The third-order valence-corrected chi connectivity index (χ3v) is 3.19. The molecule has 5 heteroatoms. The first-order valence-corrected chi connectivity index (χ1v) is 6.48. The molecule has 18 heavy (non-hydrogen) atoms. The minimum absolute atomic E-state index is 0.0516. The lowest BCUT2D eigenvalue weighted by molar-refractivity contribution is 0.0952. The Bertz CT molecular complexity index is 407. The van der Waals surface area contributed by atoms with E-state index in [1.165, 1.54) is 12.8 Å². The van der Waals surface area contributed by atoms with Crippen LogP contribution in [0.1, 0.15) is 42.2 Å². The van der Waals surface area contributed by atoms with E-state index in [0.29, 0.717) is 11.4 Å². The van der Waals surface area contributed by atoms with Gasteiger partial charge < -0.3 is 10.7 Å². The van der Waals surface area contributed by atoms with Crippen molar-refractivity contribution in [2.75, 3.05) is 12.0 Å². The quantitative estimate of drug-likeness (QED) is 0.526. The number of nitrogens with zero attached hydrogens (tertiary/aromatic N) is 1. The van der Waals surface area contributed by atoms with Gasteiger partial charge in [-0.3, -0.25) is 4.79 Å². The van der Waals surface area contributed by atoms with E-state index < -0.39 is 0 Å². The van der Waals surface area contributed by atoms with Gasteiger partial charge in [-0.05, 0) is 30.9 Å². The summed E-state index contributed by atoms with van der Waals surface area (Å²) in [5.74, 6) is 6.65. The minimum atomic E-state index is -0.0516. The molecule has 4 N–H and O–H groups in total. The number of hydrogen-bond donors (Lipinski definition) is 3. The Hall–Kier alpha value is -1.62. The van der Waals surface area contributed by atoms with E-state index in [9.17, 15) is 4.79 Å². The Labute approximate surface area is 107 Å². The number of aromatic nitrogens is 1. The summed E-state index contributed by atoms with van der Waals surface area (Å²) < 4.78 is 0. The molecule has 5 nitrogen and oxygen atoms in total. The highest BCUT2D eigenvalue weighted by Gasteiger charge is 2.20. The van der Waals surface area contributed by atoms with Crippen LogP contribution in [0.25, 0.3) is 0 Å². The fourth-order valence-corrected chi connectivity index (χ4v) is 1.87.